The number of nitrogens with zero attached hydrogens (tertiary/aromatic N) is 4. The summed E-state index contributed by atoms with van der Waals surface area (Å²) in [6.07, 6.45) is -4.08. The smallest absolute Gasteiger partial charge is 0.467 e. The minimum Gasteiger partial charge on any atom is -0.467 e. The van der Waals surface area contributed by atoms with E-state index in [1.807, 2.05) is 0 Å². The molecule has 0 radical (unpaired) electrons. The number of amides is 4. The summed E-state index contributed by atoms with van der Waals surface area (Å²) in [5.74, 6) is -4.95. The predicted molar refractivity (Wildman–Crippen MR) is 169 cm³/mol. The molecule has 2 aromatic heterocycles. The number of H-pyrrole nitrogens is 1. The number of methoxy groups -OCH3 is 1. The normalized spacial score (nSPS) is 12.6. The van der Waals surface area contributed by atoms with Crippen LogP contribution in [0.3, 0.4) is 0 Å². The number of aromatic amines is 1. The molecule has 0 aliphatic rings. The number of ether oxygens (including phenoxy) is 1. The number of esters is 1. The summed E-state index contributed by atoms with van der Waals surface area (Å²) < 4.78 is 45.4. The Bertz CT molecular complexity index is 1730. The molecule has 4 N–H and O–H groups in total. The molecule has 4 amide bonds. The van der Waals surface area contributed by atoms with Gasteiger partial charge in [0.2, 0.25) is 17.8 Å². The Hall–Kier alpha value is -5.07. The standard InChI is InChI=1S/C29H33F3N8O7S/c1-14(2)23(42)38-28-37-22-21(25(44)39-28)35-17(11-33-22)12-40(27(46)29(30,31)32)18-8-6-16(7-9-18)24(43)34-15(3)5-10-20(41)36-19(13-48)26(45)47-4/h6-9,11,14-15,19,48H,5,10,12-13H2,1-4H3,(H,34,43)(H,36,41)(H2,33,37,38,39,42,44)/t15-,19-/m1/s1. The van der Waals surface area contributed by atoms with Crippen LogP contribution in [0.5, 0.6) is 0 Å². The zero-order chi connectivity index (χ0) is 35.8. The van der Waals surface area contributed by atoms with Gasteiger partial charge in [-0.25, -0.2) is 14.8 Å². The van der Waals surface area contributed by atoms with Crippen LogP contribution in [0.15, 0.2) is 35.3 Å². The average molecular weight is 695 g/mol. The summed E-state index contributed by atoms with van der Waals surface area (Å²) in [7, 11) is 1.18. The van der Waals surface area contributed by atoms with Gasteiger partial charge < -0.3 is 15.4 Å². The third-order valence-electron chi connectivity index (χ3n) is 6.67. The number of thiol groups is 1. The van der Waals surface area contributed by atoms with Crippen molar-refractivity contribution in [2.75, 3.05) is 23.1 Å². The molecule has 0 spiro atoms. The van der Waals surface area contributed by atoms with Gasteiger partial charge in [0.25, 0.3) is 11.5 Å². The fraction of sp³-hybridized carbons (Fsp3) is 0.414. The monoisotopic (exact) mass is 694 g/mol. The molecule has 15 nitrogen and oxygen atoms in total. The van der Waals surface area contributed by atoms with E-state index in [1.165, 1.54) is 19.2 Å². The van der Waals surface area contributed by atoms with Crippen LogP contribution >= 0.6 is 12.6 Å². The summed E-state index contributed by atoms with van der Waals surface area (Å²) in [5, 5.41) is 7.55. The van der Waals surface area contributed by atoms with Gasteiger partial charge in [-0.2, -0.15) is 30.8 Å². The van der Waals surface area contributed by atoms with Gasteiger partial charge in [0.05, 0.1) is 25.5 Å². The van der Waals surface area contributed by atoms with Gasteiger partial charge in [0, 0.05) is 35.4 Å². The molecule has 3 rings (SSSR count). The highest BCUT2D eigenvalue weighted by Gasteiger charge is 2.43. The number of carbonyl (C=O) groups is 5. The largest absolute Gasteiger partial charge is 0.471 e. The van der Waals surface area contributed by atoms with E-state index in [0.717, 1.165) is 18.3 Å². The first-order valence-corrected chi connectivity index (χ1v) is 15.0. The number of anilines is 2. The van der Waals surface area contributed by atoms with Gasteiger partial charge in [-0.15, -0.1) is 0 Å². The zero-order valence-corrected chi connectivity index (χ0v) is 27.1. The van der Waals surface area contributed by atoms with Gasteiger partial charge in [-0.1, -0.05) is 13.8 Å². The third-order valence-corrected chi connectivity index (χ3v) is 7.03. The molecule has 0 bridgehead atoms. The maximum Gasteiger partial charge on any atom is 0.471 e. The first-order valence-electron chi connectivity index (χ1n) is 14.4. The lowest BCUT2D eigenvalue weighted by molar-refractivity contribution is -0.170. The van der Waals surface area contributed by atoms with Crippen molar-refractivity contribution in [1.82, 2.24) is 30.6 Å². The molecule has 19 heteroatoms. The Morgan fingerprint density at radius 1 is 1.04 bits per heavy atom. The van der Waals surface area contributed by atoms with Crippen molar-refractivity contribution in [3.05, 3.63) is 52.1 Å². The van der Waals surface area contributed by atoms with Crippen molar-refractivity contribution >= 4 is 65.0 Å². The number of hydrogen-bond donors (Lipinski definition) is 5. The van der Waals surface area contributed by atoms with Crippen LogP contribution in [0.4, 0.5) is 24.8 Å². The predicted octanol–water partition coefficient (Wildman–Crippen LogP) is 1.89. The Balaban J connectivity index is 1.74. The van der Waals surface area contributed by atoms with E-state index in [1.54, 1.807) is 20.8 Å². The van der Waals surface area contributed by atoms with Crippen molar-refractivity contribution < 1.29 is 41.9 Å². The lowest BCUT2D eigenvalue weighted by Gasteiger charge is -2.24. The summed E-state index contributed by atoms with van der Waals surface area (Å²) in [5.41, 5.74) is -1.71. The molecule has 0 saturated heterocycles. The second-order valence-corrected chi connectivity index (χ2v) is 11.1. The second kappa shape index (κ2) is 16.2. The van der Waals surface area contributed by atoms with Crippen molar-refractivity contribution in [2.24, 2.45) is 5.92 Å². The van der Waals surface area contributed by atoms with Crippen molar-refractivity contribution in [2.45, 2.75) is 58.4 Å². The number of fused-ring (bicyclic) bond motifs is 1. The minimum atomic E-state index is -5.28. The molecule has 0 aliphatic heterocycles. The van der Waals surface area contributed by atoms with Crippen LogP contribution in [-0.4, -0.2) is 80.7 Å². The molecule has 48 heavy (non-hydrogen) atoms. The molecule has 0 aliphatic carbocycles. The first kappa shape index (κ1) is 37.4. The van der Waals surface area contributed by atoms with Crippen LogP contribution < -0.4 is 26.4 Å². The Labute approximate surface area is 276 Å². The molecular weight excluding hydrogens is 661 g/mol. The van der Waals surface area contributed by atoms with E-state index in [-0.39, 0.29) is 52.7 Å². The second-order valence-electron chi connectivity index (χ2n) is 10.8. The van der Waals surface area contributed by atoms with Gasteiger partial charge in [0.15, 0.2) is 11.2 Å². The van der Waals surface area contributed by atoms with Crippen LogP contribution in [0.25, 0.3) is 11.2 Å². The number of rotatable bonds is 13. The van der Waals surface area contributed by atoms with Crippen LogP contribution in [-0.2, 0) is 30.5 Å². The van der Waals surface area contributed by atoms with Crippen molar-refractivity contribution in [3.8, 4) is 0 Å². The highest BCUT2D eigenvalue weighted by Crippen LogP contribution is 2.26. The van der Waals surface area contributed by atoms with Crippen LogP contribution in [0.1, 0.15) is 49.7 Å². The highest BCUT2D eigenvalue weighted by molar-refractivity contribution is 7.80. The average Bonchev–Trinajstić information content (AvgIpc) is 3.04. The molecule has 3 aromatic rings. The summed E-state index contributed by atoms with van der Waals surface area (Å²) in [4.78, 5) is 88.2. The molecule has 1 aromatic carbocycles. The molecular formula is C29H33F3N8O7S. The van der Waals surface area contributed by atoms with E-state index >= 15 is 0 Å². The quantitative estimate of drug-likeness (QED) is 0.130. The first-order chi connectivity index (χ1) is 22.5. The third kappa shape index (κ3) is 9.96. The van der Waals surface area contributed by atoms with E-state index in [0.29, 0.717) is 4.90 Å². The fourth-order valence-electron chi connectivity index (χ4n) is 4.05. The van der Waals surface area contributed by atoms with Gasteiger partial charge in [-0.3, -0.25) is 39.2 Å². The van der Waals surface area contributed by atoms with E-state index in [2.05, 4.69) is 53.3 Å². The fourth-order valence-corrected chi connectivity index (χ4v) is 4.29. The maximum absolute atomic E-state index is 13.6. The summed E-state index contributed by atoms with van der Waals surface area (Å²) >= 11 is 4.00. The number of aromatic nitrogens is 4. The van der Waals surface area contributed by atoms with Crippen LogP contribution in [0, 0.1) is 5.92 Å². The molecule has 0 fully saturated rings. The zero-order valence-electron chi connectivity index (χ0n) is 26.2. The van der Waals surface area contributed by atoms with E-state index in [9.17, 15) is 41.9 Å². The van der Waals surface area contributed by atoms with Gasteiger partial charge in [0.1, 0.15) is 6.04 Å². The summed E-state index contributed by atoms with van der Waals surface area (Å²) in [6, 6.07) is 3.25. The molecule has 2 atom stereocenters. The van der Waals surface area contributed by atoms with Gasteiger partial charge >= 0.3 is 18.1 Å². The highest BCUT2D eigenvalue weighted by atomic mass is 32.1. The number of alkyl halides is 3. The van der Waals surface area contributed by atoms with Crippen molar-refractivity contribution in [1.29, 1.82) is 0 Å². The molecule has 2 heterocycles. The maximum atomic E-state index is 13.6. The molecule has 258 valence electrons. The van der Waals surface area contributed by atoms with E-state index in [4.69, 9.17) is 0 Å². The number of hydrogen-bond acceptors (Lipinski definition) is 11. The topological polar surface area (TPSA) is 205 Å². The number of nitrogens with one attached hydrogen (secondary N) is 4. The number of halogens is 3. The van der Waals surface area contributed by atoms with Gasteiger partial charge in [-0.05, 0) is 37.6 Å². The lowest BCUT2D eigenvalue weighted by Crippen LogP contribution is -2.43. The number of benzene rings is 1. The minimum absolute atomic E-state index is 0.0288. The molecule has 0 saturated carbocycles. The Morgan fingerprint density at radius 2 is 1.71 bits per heavy atom. The van der Waals surface area contributed by atoms with Crippen molar-refractivity contribution in [3.63, 3.8) is 0 Å². The summed E-state index contributed by atoms with van der Waals surface area (Å²) in [6.45, 7) is 4.13. The van der Waals surface area contributed by atoms with E-state index < -0.39 is 65.9 Å². The number of carbonyl (C=O) groups excluding carboxylic acids is 5. The Kier molecular flexibility index (Phi) is 12.6. The van der Waals surface area contributed by atoms with Crippen LogP contribution in [0.2, 0.25) is 0 Å². The lowest BCUT2D eigenvalue weighted by atomic mass is 10.1. The molecule has 0 unspecified atom stereocenters. The Morgan fingerprint density at radius 3 is 2.29 bits per heavy atom. The SMILES string of the molecule is COC(=O)[C@@H](CS)NC(=O)CC[C@@H](C)NC(=O)c1ccc(N(Cc2cnc3nc(NC(=O)C(C)C)[nH]c(=O)c3n2)C(=O)C(F)(F)F)cc1.